The van der Waals surface area contributed by atoms with Crippen molar-refractivity contribution in [1.29, 1.82) is 0 Å². The summed E-state index contributed by atoms with van der Waals surface area (Å²) in [5.74, 6) is 0. The lowest BCUT2D eigenvalue weighted by Crippen LogP contribution is -2.41. The van der Waals surface area contributed by atoms with Crippen molar-refractivity contribution >= 4 is 73.5 Å². The maximum Gasteiger partial charge on any atom is 0.495 e. The fourth-order valence-electron chi connectivity index (χ4n) is 4.03. The Hall–Kier alpha value is -1.58. The van der Waals surface area contributed by atoms with E-state index in [1.54, 1.807) is 9.36 Å². The summed E-state index contributed by atoms with van der Waals surface area (Å²) in [6.45, 7) is 12.3. The van der Waals surface area contributed by atoms with Crippen LogP contribution >= 0.6 is 39.1 Å². The minimum Gasteiger partial charge on any atom is -0.399 e. The predicted molar refractivity (Wildman–Crippen MR) is 144 cm³/mol. The third kappa shape index (κ3) is 4.18. The summed E-state index contributed by atoms with van der Waals surface area (Å²) in [7, 11) is 3.31. The van der Waals surface area contributed by atoms with Gasteiger partial charge in [0.15, 0.2) is 0 Å². The van der Waals surface area contributed by atoms with Gasteiger partial charge in [0.25, 0.3) is 0 Å². The fraction of sp³-hybridized carbons (Fsp3) is 0.417. The Morgan fingerprint density at radius 1 is 0.794 bits per heavy atom. The second kappa shape index (κ2) is 8.82. The van der Waals surface area contributed by atoms with Crippen LogP contribution in [-0.2, 0) is 23.4 Å². The minimum atomic E-state index is -0.379. The van der Waals surface area contributed by atoms with Gasteiger partial charge in [0.1, 0.15) is 10.3 Å². The zero-order valence-corrected chi connectivity index (χ0v) is 23.7. The van der Waals surface area contributed by atoms with Crippen LogP contribution in [0.25, 0.3) is 21.8 Å². The number of aryl methyl sites for hydroxylation is 4. The van der Waals surface area contributed by atoms with Crippen LogP contribution < -0.4 is 5.46 Å². The van der Waals surface area contributed by atoms with Crippen molar-refractivity contribution in [3.05, 3.63) is 50.2 Å². The number of aromatic nitrogens is 4. The normalized spacial score (nSPS) is 16.9. The highest BCUT2D eigenvalue weighted by Crippen LogP contribution is 2.37. The zero-order chi connectivity index (χ0) is 25.2. The Kier molecular flexibility index (Phi) is 6.62. The van der Waals surface area contributed by atoms with Crippen molar-refractivity contribution < 1.29 is 9.31 Å². The summed E-state index contributed by atoms with van der Waals surface area (Å²) in [6.07, 6.45) is 0. The van der Waals surface area contributed by atoms with Gasteiger partial charge in [-0.1, -0.05) is 45.2 Å². The molecule has 2 aromatic heterocycles. The average Bonchev–Trinajstić information content (AvgIpc) is 3.28. The molecule has 0 saturated carbocycles. The van der Waals surface area contributed by atoms with E-state index in [4.69, 9.17) is 32.5 Å². The van der Waals surface area contributed by atoms with Gasteiger partial charge in [-0.3, -0.25) is 9.36 Å². The number of hydrogen-bond donors (Lipinski definition) is 0. The Morgan fingerprint density at radius 2 is 1.24 bits per heavy atom. The van der Waals surface area contributed by atoms with Crippen LogP contribution in [0.2, 0.25) is 10.3 Å². The lowest BCUT2D eigenvalue weighted by atomic mass is 9.75. The van der Waals surface area contributed by atoms with Gasteiger partial charge in [-0.2, -0.15) is 10.2 Å². The van der Waals surface area contributed by atoms with Crippen LogP contribution in [0.3, 0.4) is 0 Å². The van der Waals surface area contributed by atoms with Gasteiger partial charge in [-0.25, -0.2) is 0 Å². The Bertz CT molecular complexity index is 1400. The number of benzene rings is 2. The summed E-state index contributed by atoms with van der Waals surface area (Å²) in [4.78, 5) is 0. The van der Waals surface area contributed by atoms with Crippen LogP contribution in [0.5, 0.6) is 0 Å². The van der Waals surface area contributed by atoms with Crippen LogP contribution in [0.4, 0.5) is 0 Å². The lowest BCUT2D eigenvalue weighted by Gasteiger charge is -2.32. The number of rotatable bonds is 1. The van der Waals surface area contributed by atoms with E-state index in [1.165, 1.54) is 0 Å². The highest BCUT2D eigenvalue weighted by Gasteiger charge is 2.52. The molecule has 2 aromatic carbocycles. The molecule has 0 atom stereocenters. The highest BCUT2D eigenvalue weighted by molar-refractivity contribution is 9.10. The first-order chi connectivity index (χ1) is 15.7. The molecule has 3 heterocycles. The predicted octanol–water partition coefficient (Wildman–Crippen LogP) is 6.13. The van der Waals surface area contributed by atoms with E-state index in [9.17, 15) is 0 Å². The molecule has 0 N–H and O–H groups in total. The first-order valence-electron chi connectivity index (χ1n) is 11.0. The summed E-state index contributed by atoms with van der Waals surface area (Å²) in [5.41, 5.74) is 4.33. The van der Waals surface area contributed by atoms with E-state index in [2.05, 4.69) is 53.8 Å². The van der Waals surface area contributed by atoms with Gasteiger partial charge in [0.2, 0.25) is 0 Å². The molecular formula is C24H28BBrCl2N4O2. The molecule has 1 fully saturated rings. The van der Waals surface area contributed by atoms with Crippen molar-refractivity contribution in [2.24, 2.45) is 14.1 Å². The van der Waals surface area contributed by atoms with Crippen molar-refractivity contribution in [3.63, 3.8) is 0 Å². The topological polar surface area (TPSA) is 54.1 Å². The molecule has 1 saturated heterocycles. The smallest absolute Gasteiger partial charge is 0.399 e. The van der Waals surface area contributed by atoms with Crippen molar-refractivity contribution in [2.45, 2.75) is 52.7 Å². The van der Waals surface area contributed by atoms with Crippen molar-refractivity contribution in [3.8, 4) is 0 Å². The molecule has 1 aliphatic heterocycles. The maximum absolute atomic E-state index is 6.36. The van der Waals surface area contributed by atoms with E-state index in [0.717, 1.165) is 42.9 Å². The molecule has 0 unspecified atom stereocenters. The van der Waals surface area contributed by atoms with Gasteiger partial charge in [-0.15, -0.1) is 0 Å². The standard InChI is InChI=1S/C15H20BClN2O2.C9H8BrClN2/c1-9-10(16-20-14(2,3)15(4,5)21-16)7-8-11-12(9)13(17)19(6)18-11;1-5-6(10)3-4-7-8(5)9(11)13(2)12-7/h7-8H,1-6H3;3-4H,1-2H3. The van der Waals surface area contributed by atoms with Crippen LogP contribution in [0.1, 0.15) is 38.8 Å². The number of nitrogens with zero attached hydrogens (tertiary/aromatic N) is 4. The van der Waals surface area contributed by atoms with E-state index < -0.39 is 0 Å². The largest absolute Gasteiger partial charge is 0.495 e. The quantitative estimate of drug-likeness (QED) is 0.260. The van der Waals surface area contributed by atoms with E-state index >= 15 is 0 Å². The monoisotopic (exact) mass is 564 g/mol. The van der Waals surface area contributed by atoms with Gasteiger partial charge in [0.05, 0.1) is 22.2 Å². The van der Waals surface area contributed by atoms with Gasteiger partial charge >= 0.3 is 7.12 Å². The number of fused-ring (bicyclic) bond motifs is 2. The first kappa shape index (κ1) is 25.5. The Balaban J connectivity index is 0.000000180. The molecule has 34 heavy (non-hydrogen) atoms. The molecular weight excluding hydrogens is 538 g/mol. The van der Waals surface area contributed by atoms with Crippen molar-refractivity contribution in [2.75, 3.05) is 0 Å². The first-order valence-corrected chi connectivity index (χ1v) is 12.5. The van der Waals surface area contributed by atoms with Gasteiger partial charge in [-0.05, 0) is 76.3 Å². The molecule has 180 valence electrons. The second-order valence-electron chi connectivity index (χ2n) is 9.66. The molecule has 0 bridgehead atoms. The van der Waals surface area contributed by atoms with E-state index in [-0.39, 0.29) is 18.3 Å². The van der Waals surface area contributed by atoms with Crippen molar-refractivity contribution in [1.82, 2.24) is 19.6 Å². The van der Waals surface area contributed by atoms with Gasteiger partial charge in [0, 0.05) is 29.3 Å². The molecule has 0 spiro atoms. The SMILES string of the molecule is Cc1c(B2OC(C)(C)C(C)(C)O2)ccc2nn(C)c(Cl)c12.Cc1c(Br)ccc2nn(C)c(Cl)c12. The van der Waals surface area contributed by atoms with Gasteiger partial charge < -0.3 is 9.31 Å². The Labute approximate surface area is 218 Å². The molecule has 5 rings (SSSR count). The minimum absolute atomic E-state index is 0.349. The maximum atomic E-state index is 6.36. The third-order valence-electron chi connectivity index (χ3n) is 6.87. The molecule has 10 heteroatoms. The molecule has 1 aliphatic rings. The van der Waals surface area contributed by atoms with E-state index in [0.29, 0.717) is 10.3 Å². The van der Waals surface area contributed by atoms with Crippen LogP contribution in [0, 0.1) is 13.8 Å². The number of hydrogen-bond acceptors (Lipinski definition) is 4. The third-order valence-corrected chi connectivity index (χ3v) is 8.59. The summed E-state index contributed by atoms with van der Waals surface area (Å²) in [5, 5.41) is 12.0. The zero-order valence-electron chi connectivity index (χ0n) is 20.6. The molecule has 0 amide bonds. The van der Waals surface area contributed by atoms with E-state index in [1.807, 2.05) is 52.2 Å². The van der Waals surface area contributed by atoms with Crippen LogP contribution in [-0.4, -0.2) is 37.9 Å². The average molecular weight is 566 g/mol. The highest BCUT2D eigenvalue weighted by atomic mass is 79.9. The van der Waals surface area contributed by atoms with Crippen LogP contribution in [0.15, 0.2) is 28.7 Å². The molecule has 0 aliphatic carbocycles. The summed E-state index contributed by atoms with van der Waals surface area (Å²) < 4.78 is 16.7. The summed E-state index contributed by atoms with van der Waals surface area (Å²) in [6, 6.07) is 7.93. The fourth-order valence-corrected chi connectivity index (χ4v) is 4.92. The second-order valence-corrected chi connectivity index (χ2v) is 11.2. The molecule has 6 nitrogen and oxygen atoms in total. The number of halogens is 3. The lowest BCUT2D eigenvalue weighted by molar-refractivity contribution is 0.00578. The molecule has 0 radical (unpaired) electrons. The summed E-state index contributed by atoms with van der Waals surface area (Å²) >= 11 is 15.9. The molecule has 4 aromatic rings. The Morgan fingerprint density at radius 3 is 1.74 bits per heavy atom.